The van der Waals surface area contributed by atoms with Crippen LogP contribution >= 0.6 is 0 Å². The highest BCUT2D eigenvalue weighted by molar-refractivity contribution is 6.06. The lowest BCUT2D eigenvalue weighted by molar-refractivity contribution is 0.104. The van der Waals surface area contributed by atoms with Crippen LogP contribution < -0.4 is 9.47 Å². The van der Waals surface area contributed by atoms with Crippen molar-refractivity contribution in [3.63, 3.8) is 0 Å². The van der Waals surface area contributed by atoms with Gasteiger partial charge < -0.3 is 14.6 Å². The van der Waals surface area contributed by atoms with Gasteiger partial charge in [0.05, 0.1) is 26.0 Å². The van der Waals surface area contributed by atoms with E-state index in [-0.39, 0.29) is 5.78 Å². The summed E-state index contributed by atoms with van der Waals surface area (Å²) in [6.45, 7) is 0. The molecule has 1 aromatic rings. The van der Waals surface area contributed by atoms with Crippen LogP contribution in [-0.2, 0) is 0 Å². The molecule has 0 bridgehead atoms. The van der Waals surface area contributed by atoms with Crippen LogP contribution in [0.2, 0.25) is 0 Å². The lowest BCUT2D eigenvalue weighted by Crippen LogP contribution is -1.99. The van der Waals surface area contributed by atoms with Crippen LogP contribution in [0, 0.1) is 0 Å². The van der Waals surface area contributed by atoms with Crippen molar-refractivity contribution in [3.8, 4) is 11.5 Å². The van der Waals surface area contributed by atoms with Crippen LogP contribution in [0.15, 0.2) is 30.5 Å². The number of methoxy groups -OCH3 is 2. The minimum Gasteiger partial charge on any atom is -0.515 e. The summed E-state index contributed by atoms with van der Waals surface area (Å²) >= 11 is 0. The van der Waals surface area contributed by atoms with Crippen molar-refractivity contribution < 1.29 is 19.4 Å². The molecule has 0 aliphatic carbocycles. The Labute approximate surface area is 87.7 Å². The van der Waals surface area contributed by atoms with Gasteiger partial charge in [-0.05, 0) is 18.2 Å². The van der Waals surface area contributed by atoms with Gasteiger partial charge in [0.15, 0.2) is 5.78 Å². The largest absolute Gasteiger partial charge is 0.515 e. The van der Waals surface area contributed by atoms with E-state index in [1.54, 1.807) is 18.2 Å². The number of ether oxygens (including phenoxy) is 2. The number of carbonyl (C=O) groups is 1. The molecule has 0 radical (unpaired) electrons. The average Bonchev–Trinajstić information content (AvgIpc) is 2.28. The highest BCUT2D eigenvalue weighted by Gasteiger charge is 2.10. The van der Waals surface area contributed by atoms with E-state index in [0.717, 1.165) is 6.08 Å². The first-order valence-corrected chi connectivity index (χ1v) is 4.30. The molecule has 0 heterocycles. The van der Waals surface area contributed by atoms with Crippen molar-refractivity contribution in [2.75, 3.05) is 14.2 Å². The molecule has 0 amide bonds. The number of aliphatic hydroxyl groups excluding tert-OH is 1. The van der Waals surface area contributed by atoms with Crippen molar-refractivity contribution in [2.45, 2.75) is 0 Å². The van der Waals surface area contributed by atoms with Crippen molar-refractivity contribution in [2.24, 2.45) is 0 Å². The molecule has 0 aromatic heterocycles. The third-order valence-electron chi connectivity index (χ3n) is 1.90. The first-order valence-electron chi connectivity index (χ1n) is 4.30. The fourth-order valence-corrected chi connectivity index (χ4v) is 1.16. The van der Waals surface area contributed by atoms with Gasteiger partial charge in [0.2, 0.25) is 0 Å². The molecule has 1 rings (SSSR count). The fourth-order valence-electron chi connectivity index (χ4n) is 1.16. The van der Waals surface area contributed by atoms with Crippen molar-refractivity contribution in [1.29, 1.82) is 0 Å². The van der Waals surface area contributed by atoms with Crippen LogP contribution in [0.5, 0.6) is 11.5 Å². The van der Waals surface area contributed by atoms with E-state index < -0.39 is 0 Å². The number of hydrogen-bond donors (Lipinski definition) is 1. The predicted molar refractivity (Wildman–Crippen MR) is 55.6 cm³/mol. The van der Waals surface area contributed by atoms with Gasteiger partial charge in [-0.25, -0.2) is 0 Å². The highest BCUT2D eigenvalue weighted by Crippen LogP contribution is 2.24. The standard InChI is InChI=1S/C11H12O4/c1-14-8-3-4-11(15-2)9(7-8)10(13)5-6-12/h3-7,12H,1-2H3. The predicted octanol–water partition coefficient (Wildman–Crippen LogP) is 1.96. The molecule has 80 valence electrons. The first kappa shape index (κ1) is 11.1. The molecule has 0 aliphatic rings. The number of carbonyl (C=O) groups excluding carboxylic acids is 1. The van der Waals surface area contributed by atoms with E-state index in [1.807, 2.05) is 0 Å². The third-order valence-corrected chi connectivity index (χ3v) is 1.90. The van der Waals surface area contributed by atoms with Gasteiger partial charge in [-0.15, -0.1) is 0 Å². The summed E-state index contributed by atoms with van der Waals surface area (Å²) < 4.78 is 10.0. The molecule has 0 aliphatic heterocycles. The second-order valence-corrected chi connectivity index (χ2v) is 2.75. The van der Waals surface area contributed by atoms with Gasteiger partial charge in [0.1, 0.15) is 11.5 Å². The number of ketones is 1. The summed E-state index contributed by atoms with van der Waals surface area (Å²) in [7, 11) is 2.99. The van der Waals surface area contributed by atoms with E-state index >= 15 is 0 Å². The zero-order valence-corrected chi connectivity index (χ0v) is 8.56. The second kappa shape index (κ2) is 5.05. The van der Waals surface area contributed by atoms with E-state index in [4.69, 9.17) is 14.6 Å². The summed E-state index contributed by atoms with van der Waals surface area (Å²) in [4.78, 5) is 11.5. The summed E-state index contributed by atoms with van der Waals surface area (Å²) in [5.41, 5.74) is 0.349. The Morgan fingerprint density at radius 1 is 1.33 bits per heavy atom. The Bertz CT molecular complexity index is 382. The highest BCUT2D eigenvalue weighted by atomic mass is 16.5. The second-order valence-electron chi connectivity index (χ2n) is 2.75. The smallest absolute Gasteiger partial charge is 0.192 e. The number of hydrogen-bond acceptors (Lipinski definition) is 4. The number of rotatable bonds is 4. The van der Waals surface area contributed by atoms with Gasteiger partial charge in [0, 0.05) is 6.08 Å². The van der Waals surface area contributed by atoms with Crippen LogP contribution in [0.4, 0.5) is 0 Å². The first-order chi connectivity index (χ1) is 7.22. The van der Waals surface area contributed by atoms with Crippen LogP contribution in [0.1, 0.15) is 10.4 Å². The fraction of sp³-hybridized carbons (Fsp3) is 0.182. The van der Waals surface area contributed by atoms with E-state index in [1.165, 1.54) is 14.2 Å². The van der Waals surface area contributed by atoms with Crippen LogP contribution in [0.3, 0.4) is 0 Å². The molecule has 4 heteroatoms. The van der Waals surface area contributed by atoms with Crippen molar-refractivity contribution >= 4 is 5.78 Å². The molecule has 15 heavy (non-hydrogen) atoms. The molecule has 4 nitrogen and oxygen atoms in total. The molecule has 0 unspecified atom stereocenters. The Balaban J connectivity index is 3.17. The van der Waals surface area contributed by atoms with Crippen LogP contribution in [-0.4, -0.2) is 25.1 Å². The van der Waals surface area contributed by atoms with E-state index in [9.17, 15) is 4.79 Å². The quantitative estimate of drug-likeness (QED) is 0.467. The average molecular weight is 208 g/mol. The SMILES string of the molecule is COc1ccc(OC)c(C(=O)C=CO)c1. The minimum atomic E-state index is -0.340. The van der Waals surface area contributed by atoms with E-state index in [0.29, 0.717) is 23.3 Å². The molecule has 0 atom stereocenters. The summed E-state index contributed by atoms with van der Waals surface area (Å²) in [5, 5.41) is 8.51. The summed E-state index contributed by atoms with van der Waals surface area (Å²) in [6.07, 6.45) is 1.75. The van der Waals surface area contributed by atoms with Gasteiger partial charge in [-0.3, -0.25) is 4.79 Å². The molecule has 1 N–H and O–H groups in total. The van der Waals surface area contributed by atoms with Gasteiger partial charge in [0.25, 0.3) is 0 Å². The number of allylic oxidation sites excluding steroid dienone is 1. The Morgan fingerprint density at radius 2 is 2.07 bits per heavy atom. The lowest BCUT2D eigenvalue weighted by Gasteiger charge is -2.07. The van der Waals surface area contributed by atoms with Gasteiger partial charge in [-0.2, -0.15) is 0 Å². The Kier molecular flexibility index (Phi) is 3.74. The molecule has 0 saturated carbocycles. The maximum absolute atomic E-state index is 11.5. The van der Waals surface area contributed by atoms with Gasteiger partial charge >= 0.3 is 0 Å². The van der Waals surface area contributed by atoms with Crippen LogP contribution in [0.25, 0.3) is 0 Å². The maximum Gasteiger partial charge on any atom is 0.192 e. The molecule has 0 spiro atoms. The zero-order chi connectivity index (χ0) is 11.3. The molecular weight excluding hydrogens is 196 g/mol. The zero-order valence-electron chi connectivity index (χ0n) is 8.56. The number of aliphatic hydroxyl groups is 1. The number of benzene rings is 1. The summed E-state index contributed by atoms with van der Waals surface area (Å²) in [5.74, 6) is 0.664. The molecular formula is C11H12O4. The van der Waals surface area contributed by atoms with Crippen molar-refractivity contribution in [1.82, 2.24) is 0 Å². The van der Waals surface area contributed by atoms with E-state index in [2.05, 4.69) is 0 Å². The Hall–Kier alpha value is -1.97. The third kappa shape index (κ3) is 2.49. The lowest BCUT2D eigenvalue weighted by atomic mass is 10.1. The monoisotopic (exact) mass is 208 g/mol. The molecule has 1 aromatic carbocycles. The maximum atomic E-state index is 11.5. The molecule has 0 fully saturated rings. The topological polar surface area (TPSA) is 55.8 Å². The molecule has 0 saturated heterocycles. The minimum absolute atomic E-state index is 0.340. The Morgan fingerprint density at radius 3 is 2.60 bits per heavy atom. The summed E-state index contributed by atoms with van der Waals surface area (Å²) in [6, 6.07) is 4.89. The van der Waals surface area contributed by atoms with Crippen molar-refractivity contribution in [3.05, 3.63) is 36.1 Å². The normalized spacial score (nSPS) is 10.3. The van der Waals surface area contributed by atoms with Gasteiger partial charge in [-0.1, -0.05) is 0 Å².